The number of anilines is 1. The lowest BCUT2D eigenvalue weighted by Crippen LogP contribution is -2.29. The van der Waals surface area contributed by atoms with Gasteiger partial charge in [0.2, 0.25) is 0 Å². The van der Waals surface area contributed by atoms with Crippen molar-refractivity contribution in [3.63, 3.8) is 0 Å². The molecule has 1 aromatic rings. The zero-order valence-corrected chi connectivity index (χ0v) is 13.2. The van der Waals surface area contributed by atoms with Crippen LogP contribution in [0.2, 0.25) is 0 Å². The van der Waals surface area contributed by atoms with Gasteiger partial charge in [-0.3, -0.25) is 10.1 Å². The van der Waals surface area contributed by atoms with E-state index in [1.807, 2.05) is 0 Å². The minimum Gasteiger partial charge on any atom is -0.444 e. The second-order valence-corrected chi connectivity index (χ2v) is 6.28. The van der Waals surface area contributed by atoms with Crippen LogP contribution in [0, 0.1) is 5.92 Å². The Labute approximate surface area is 130 Å². The monoisotopic (exact) mass is 306 g/mol. The molecule has 1 aliphatic rings. The lowest BCUT2D eigenvalue weighted by molar-refractivity contribution is 0.0545. The van der Waals surface area contributed by atoms with Crippen LogP contribution >= 0.6 is 0 Å². The molecule has 0 bridgehead atoms. The number of carbonyl (C=O) groups excluding carboxylic acids is 2. The molecule has 1 fully saturated rings. The van der Waals surface area contributed by atoms with Gasteiger partial charge in [-0.25, -0.2) is 9.78 Å². The van der Waals surface area contributed by atoms with Gasteiger partial charge < -0.3 is 9.47 Å². The van der Waals surface area contributed by atoms with Crippen molar-refractivity contribution in [3.05, 3.63) is 23.9 Å². The Bertz CT molecular complexity index is 545. The number of hydrogen-bond acceptors (Lipinski definition) is 5. The molecule has 6 heteroatoms. The highest BCUT2D eigenvalue weighted by Gasteiger charge is 2.26. The van der Waals surface area contributed by atoms with Gasteiger partial charge in [-0.05, 0) is 45.7 Å². The summed E-state index contributed by atoms with van der Waals surface area (Å²) in [6, 6.07) is 3.37. The quantitative estimate of drug-likeness (QED) is 0.868. The van der Waals surface area contributed by atoms with Gasteiger partial charge in [0.1, 0.15) is 11.4 Å². The fraction of sp³-hybridized carbons (Fsp3) is 0.562. The van der Waals surface area contributed by atoms with Crippen LogP contribution in [0.15, 0.2) is 18.3 Å². The Morgan fingerprint density at radius 3 is 2.64 bits per heavy atom. The van der Waals surface area contributed by atoms with E-state index in [1.54, 1.807) is 32.9 Å². The van der Waals surface area contributed by atoms with E-state index in [0.29, 0.717) is 31.6 Å². The fourth-order valence-corrected chi connectivity index (χ4v) is 2.28. The molecule has 1 N–H and O–H groups in total. The first-order valence-corrected chi connectivity index (χ1v) is 7.44. The minimum absolute atomic E-state index is 0.0116. The first kappa shape index (κ1) is 16.4. The predicted octanol–water partition coefficient (Wildman–Crippen LogP) is 3.04. The van der Waals surface area contributed by atoms with Crippen molar-refractivity contribution in [1.82, 2.24) is 4.98 Å². The first-order valence-electron chi connectivity index (χ1n) is 7.44. The molecular weight excluding hydrogens is 284 g/mol. The number of amides is 1. The van der Waals surface area contributed by atoms with Gasteiger partial charge in [-0.2, -0.15) is 0 Å². The summed E-state index contributed by atoms with van der Waals surface area (Å²) >= 11 is 0. The third-order valence-corrected chi connectivity index (χ3v) is 3.28. The molecule has 0 aliphatic carbocycles. The summed E-state index contributed by atoms with van der Waals surface area (Å²) in [6.45, 7) is 6.51. The molecule has 0 saturated carbocycles. The lowest BCUT2D eigenvalue weighted by Gasteiger charge is -2.22. The van der Waals surface area contributed by atoms with Crippen molar-refractivity contribution in [1.29, 1.82) is 0 Å². The summed E-state index contributed by atoms with van der Waals surface area (Å²) in [6.07, 6.45) is 2.30. The van der Waals surface area contributed by atoms with Gasteiger partial charge in [0.05, 0.1) is 5.56 Å². The fourth-order valence-electron chi connectivity index (χ4n) is 2.28. The predicted molar refractivity (Wildman–Crippen MR) is 82.0 cm³/mol. The number of pyridine rings is 1. The molecule has 0 radical (unpaired) electrons. The Kier molecular flexibility index (Phi) is 5.13. The van der Waals surface area contributed by atoms with Crippen LogP contribution in [0.3, 0.4) is 0 Å². The van der Waals surface area contributed by atoms with Gasteiger partial charge in [0, 0.05) is 25.3 Å². The molecular formula is C16H22N2O4. The second-order valence-electron chi connectivity index (χ2n) is 6.28. The molecule has 0 aromatic carbocycles. The van der Waals surface area contributed by atoms with Crippen LogP contribution < -0.4 is 5.32 Å². The van der Waals surface area contributed by atoms with Crippen LogP contribution in [0.1, 0.15) is 44.0 Å². The highest BCUT2D eigenvalue weighted by Crippen LogP contribution is 2.24. The molecule has 1 aliphatic heterocycles. The number of nitrogens with zero attached hydrogens (tertiary/aromatic N) is 1. The molecule has 2 rings (SSSR count). The average molecular weight is 306 g/mol. The number of ether oxygens (including phenoxy) is 2. The molecule has 120 valence electrons. The number of carbonyl (C=O) groups is 2. The van der Waals surface area contributed by atoms with E-state index >= 15 is 0 Å². The summed E-state index contributed by atoms with van der Waals surface area (Å²) in [7, 11) is 0. The van der Waals surface area contributed by atoms with E-state index in [2.05, 4.69) is 10.3 Å². The topological polar surface area (TPSA) is 77.5 Å². The van der Waals surface area contributed by atoms with Gasteiger partial charge in [-0.1, -0.05) is 0 Å². The van der Waals surface area contributed by atoms with Crippen molar-refractivity contribution in [2.75, 3.05) is 18.5 Å². The second kappa shape index (κ2) is 6.87. The number of rotatable bonds is 3. The van der Waals surface area contributed by atoms with Crippen molar-refractivity contribution < 1.29 is 19.1 Å². The molecule has 1 amide bonds. The highest BCUT2D eigenvalue weighted by atomic mass is 16.6. The van der Waals surface area contributed by atoms with E-state index in [-0.39, 0.29) is 17.5 Å². The van der Waals surface area contributed by atoms with Crippen molar-refractivity contribution in [2.45, 2.75) is 39.2 Å². The van der Waals surface area contributed by atoms with Crippen molar-refractivity contribution in [3.8, 4) is 0 Å². The molecule has 6 nitrogen and oxygen atoms in total. The number of nitrogens with one attached hydrogen (secondary N) is 1. The summed E-state index contributed by atoms with van der Waals surface area (Å²) in [5.41, 5.74) is -0.190. The maximum atomic E-state index is 12.6. The minimum atomic E-state index is -0.618. The normalized spacial score (nSPS) is 16.1. The van der Waals surface area contributed by atoms with Crippen molar-refractivity contribution >= 4 is 17.7 Å². The molecule has 0 unspecified atom stereocenters. The molecule has 22 heavy (non-hydrogen) atoms. The third kappa shape index (κ3) is 4.53. The smallest absolute Gasteiger partial charge is 0.413 e. The molecule has 0 atom stereocenters. The number of Topliss-reactive ketones (excluding diaryl/α,β-unsaturated/α-hetero) is 1. The summed E-state index contributed by atoms with van der Waals surface area (Å²) < 4.78 is 10.5. The Morgan fingerprint density at radius 2 is 2.00 bits per heavy atom. The van der Waals surface area contributed by atoms with E-state index in [4.69, 9.17) is 9.47 Å². The largest absolute Gasteiger partial charge is 0.444 e. The van der Waals surface area contributed by atoms with E-state index < -0.39 is 11.7 Å². The van der Waals surface area contributed by atoms with E-state index in [0.717, 1.165) is 0 Å². The zero-order valence-electron chi connectivity index (χ0n) is 13.2. The Hall–Kier alpha value is -1.95. The highest BCUT2D eigenvalue weighted by molar-refractivity contribution is 6.04. The molecule has 0 spiro atoms. The number of aromatic nitrogens is 1. The van der Waals surface area contributed by atoms with Gasteiger partial charge in [0.25, 0.3) is 0 Å². The first-order chi connectivity index (χ1) is 10.4. The maximum Gasteiger partial charge on any atom is 0.413 e. The standard InChI is InChI=1S/C16H22N2O4/c1-16(2,3)22-15(20)18-14-12(5-4-8-17-14)13(19)11-6-9-21-10-7-11/h4-5,8,11H,6-7,9-10H2,1-3H3,(H,17,18,20). The van der Waals surface area contributed by atoms with Crippen LogP contribution in [0.5, 0.6) is 0 Å². The summed E-state index contributed by atoms with van der Waals surface area (Å²) in [5.74, 6) is 0.146. The van der Waals surface area contributed by atoms with Crippen molar-refractivity contribution in [2.24, 2.45) is 5.92 Å². The van der Waals surface area contributed by atoms with Gasteiger partial charge in [-0.15, -0.1) is 0 Å². The Morgan fingerprint density at radius 1 is 1.32 bits per heavy atom. The number of ketones is 1. The zero-order chi connectivity index (χ0) is 16.2. The van der Waals surface area contributed by atoms with Crippen LogP contribution in [-0.2, 0) is 9.47 Å². The average Bonchev–Trinajstić information content (AvgIpc) is 2.46. The van der Waals surface area contributed by atoms with Gasteiger partial charge in [0.15, 0.2) is 5.78 Å². The van der Waals surface area contributed by atoms with E-state index in [1.165, 1.54) is 6.20 Å². The van der Waals surface area contributed by atoms with Gasteiger partial charge >= 0.3 is 6.09 Å². The van der Waals surface area contributed by atoms with E-state index in [9.17, 15) is 9.59 Å². The van der Waals surface area contributed by atoms with Crippen LogP contribution in [-0.4, -0.2) is 35.7 Å². The summed E-state index contributed by atoms with van der Waals surface area (Å²) in [4.78, 5) is 28.6. The maximum absolute atomic E-state index is 12.6. The molecule has 1 saturated heterocycles. The third-order valence-electron chi connectivity index (χ3n) is 3.28. The summed E-state index contributed by atoms with van der Waals surface area (Å²) in [5, 5.41) is 2.56. The lowest BCUT2D eigenvalue weighted by atomic mass is 9.91. The molecule has 2 heterocycles. The number of hydrogen-bond donors (Lipinski definition) is 1. The van der Waals surface area contributed by atoms with Crippen LogP contribution in [0.25, 0.3) is 0 Å². The molecule has 1 aromatic heterocycles. The Balaban J connectivity index is 2.12. The van der Waals surface area contributed by atoms with Crippen LogP contribution in [0.4, 0.5) is 10.6 Å². The SMILES string of the molecule is CC(C)(C)OC(=O)Nc1ncccc1C(=O)C1CCOCC1.